The summed E-state index contributed by atoms with van der Waals surface area (Å²) in [4.78, 5) is 27.1. The Labute approximate surface area is 114 Å². The highest BCUT2D eigenvalue weighted by Crippen LogP contribution is 2.34. The zero-order valence-corrected chi connectivity index (χ0v) is 11.8. The van der Waals surface area contributed by atoms with Crippen LogP contribution in [0.4, 0.5) is 4.79 Å². The Morgan fingerprint density at radius 3 is 2.63 bits per heavy atom. The quantitative estimate of drug-likeness (QED) is 0.805. The van der Waals surface area contributed by atoms with Gasteiger partial charge in [-0.05, 0) is 26.2 Å². The Balaban J connectivity index is 1.79. The highest BCUT2D eigenvalue weighted by Gasteiger charge is 2.37. The molecule has 0 aromatic heterocycles. The smallest absolute Gasteiger partial charge is 0.318 e. The van der Waals surface area contributed by atoms with Crippen molar-refractivity contribution in [2.45, 2.75) is 31.8 Å². The summed E-state index contributed by atoms with van der Waals surface area (Å²) >= 11 is 0. The van der Waals surface area contributed by atoms with Gasteiger partial charge in [-0.2, -0.15) is 0 Å². The molecule has 1 N–H and O–H groups in total. The summed E-state index contributed by atoms with van der Waals surface area (Å²) in [5, 5.41) is 2.89. The highest BCUT2D eigenvalue weighted by molar-refractivity contribution is 5.85. The van der Waals surface area contributed by atoms with E-state index in [0.29, 0.717) is 26.2 Å². The van der Waals surface area contributed by atoms with E-state index < -0.39 is 0 Å². The first-order valence-electron chi connectivity index (χ1n) is 6.96. The maximum atomic E-state index is 12.0. The van der Waals surface area contributed by atoms with Crippen molar-refractivity contribution in [2.75, 3.05) is 39.8 Å². The van der Waals surface area contributed by atoms with Crippen LogP contribution in [0.2, 0.25) is 0 Å². The van der Waals surface area contributed by atoms with Crippen LogP contribution in [0.1, 0.15) is 26.2 Å². The molecular formula is C13H23N3O3. The number of urea groups is 1. The zero-order valence-electron chi connectivity index (χ0n) is 11.8. The first kappa shape index (κ1) is 14.1. The molecule has 0 aromatic rings. The molecule has 2 aliphatic rings. The molecule has 6 nitrogen and oxygen atoms in total. The summed E-state index contributed by atoms with van der Waals surface area (Å²) in [6, 6.07) is -0.160. The first-order valence-corrected chi connectivity index (χ1v) is 6.96. The van der Waals surface area contributed by atoms with Crippen LogP contribution in [0, 0.1) is 0 Å². The van der Waals surface area contributed by atoms with Gasteiger partial charge in [0.05, 0.1) is 5.60 Å². The van der Waals surface area contributed by atoms with Crippen LogP contribution in [0.5, 0.6) is 0 Å². The Morgan fingerprint density at radius 1 is 1.42 bits per heavy atom. The molecule has 6 heteroatoms. The van der Waals surface area contributed by atoms with Gasteiger partial charge in [0, 0.05) is 33.3 Å². The van der Waals surface area contributed by atoms with Crippen LogP contribution in [0.25, 0.3) is 0 Å². The van der Waals surface area contributed by atoms with Gasteiger partial charge in [0.2, 0.25) is 5.91 Å². The minimum atomic E-state index is -0.176. The van der Waals surface area contributed by atoms with E-state index in [1.54, 1.807) is 16.9 Å². The third-order valence-corrected chi connectivity index (χ3v) is 4.25. The van der Waals surface area contributed by atoms with Crippen molar-refractivity contribution >= 4 is 11.9 Å². The number of piperazine rings is 1. The second-order valence-corrected chi connectivity index (χ2v) is 5.29. The van der Waals surface area contributed by atoms with Gasteiger partial charge in [-0.15, -0.1) is 0 Å². The van der Waals surface area contributed by atoms with Crippen LogP contribution >= 0.6 is 0 Å². The van der Waals surface area contributed by atoms with Crippen LogP contribution < -0.4 is 5.32 Å². The topological polar surface area (TPSA) is 61.9 Å². The van der Waals surface area contributed by atoms with E-state index in [9.17, 15) is 9.59 Å². The third kappa shape index (κ3) is 3.00. The molecule has 0 aromatic carbocycles. The van der Waals surface area contributed by atoms with E-state index in [0.717, 1.165) is 19.3 Å². The Hall–Kier alpha value is -1.30. The second-order valence-electron chi connectivity index (χ2n) is 5.29. The molecule has 1 aliphatic carbocycles. The molecule has 0 bridgehead atoms. The molecule has 0 spiro atoms. The number of hydrogen-bond donors (Lipinski definition) is 1. The predicted octanol–water partition coefficient (Wildman–Crippen LogP) is 0.429. The fourth-order valence-electron chi connectivity index (χ4n) is 2.59. The summed E-state index contributed by atoms with van der Waals surface area (Å²) in [6.45, 7) is 4.60. The lowest BCUT2D eigenvalue weighted by atomic mass is 9.80. The molecular weight excluding hydrogens is 246 g/mol. The van der Waals surface area contributed by atoms with Crippen molar-refractivity contribution in [3.05, 3.63) is 0 Å². The van der Waals surface area contributed by atoms with Crippen LogP contribution in [0.15, 0.2) is 0 Å². The molecule has 1 heterocycles. The van der Waals surface area contributed by atoms with Crippen molar-refractivity contribution in [1.82, 2.24) is 15.1 Å². The average molecular weight is 269 g/mol. The Bertz CT molecular complexity index is 350. The summed E-state index contributed by atoms with van der Waals surface area (Å²) in [7, 11) is 1.69. The fourth-order valence-corrected chi connectivity index (χ4v) is 2.59. The van der Waals surface area contributed by atoms with Gasteiger partial charge in [-0.3, -0.25) is 4.79 Å². The predicted molar refractivity (Wildman–Crippen MR) is 70.8 cm³/mol. The lowest BCUT2D eigenvalue weighted by Crippen LogP contribution is -2.57. The summed E-state index contributed by atoms with van der Waals surface area (Å²) in [5.74, 6) is 0.0222. The number of ether oxygens (including phenoxy) is 1. The zero-order chi connectivity index (χ0) is 13.9. The maximum Gasteiger partial charge on any atom is 0.318 e. The number of amides is 3. The second kappa shape index (κ2) is 5.77. The number of hydrogen-bond acceptors (Lipinski definition) is 3. The van der Waals surface area contributed by atoms with E-state index in [2.05, 4.69) is 5.32 Å². The normalized spacial score (nSPS) is 22.1. The number of nitrogens with zero attached hydrogens (tertiary/aromatic N) is 2. The van der Waals surface area contributed by atoms with E-state index in [1.165, 1.54) is 0 Å². The van der Waals surface area contributed by atoms with Gasteiger partial charge in [0.15, 0.2) is 0 Å². The number of nitrogens with one attached hydrogen (secondary N) is 1. The van der Waals surface area contributed by atoms with Crippen LogP contribution in [0.3, 0.4) is 0 Å². The van der Waals surface area contributed by atoms with Crippen LogP contribution in [-0.2, 0) is 9.53 Å². The number of carbonyl (C=O) groups excluding carboxylic acids is 2. The molecule has 2 fully saturated rings. The van der Waals surface area contributed by atoms with Gasteiger partial charge < -0.3 is 19.9 Å². The van der Waals surface area contributed by atoms with E-state index in [-0.39, 0.29) is 24.1 Å². The van der Waals surface area contributed by atoms with E-state index in [1.807, 2.05) is 6.92 Å². The molecule has 0 radical (unpaired) electrons. The van der Waals surface area contributed by atoms with Crippen molar-refractivity contribution in [1.29, 1.82) is 0 Å². The summed E-state index contributed by atoms with van der Waals surface area (Å²) in [5.41, 5.74) is -0.176. The molecule has 3 amide bonds. The molecule has 1 saturated carbocycles. The minimum absolute atomic E-state index is 0.0222. The third-order valence-electron chi connectivity index (χ3n) is 4.25. The SMILES string of the molecule is CCN1CCN(C(=O)NCC2(OC)CCC2)CC1=O. The van der Waals surface area contributed by atoms with Crippen molar-refractivity contribution < 1.29 is 14.3 Å². The first-order chi connectivity index (χ1) is 9.10. The number of rotatable bonds is 4. The number of likely N-dealkylation sites (N-methyl/N-ethyl adjacent to an activating group) is 1. The molecule has 19 heavy (non-hydrogen) atoms. The summed E-state index contributed by atoms with van der Waals surface area (Å²) in [6.07, 6.45) is 3.13. The lowest BCUT2D eigenvalue weighted by Gasteiger charge is -2.41. The van der Waals surface area contributed by atoms with E-state index >= 15 is 0 Å². The van der Waals surface area contributed by atoms with Gasteiger partial charge in [0.25, 0.3) is 0 Å². The molecule has 1 aliphatic heterocycles. The molecule has 0 unspecified atom stereocenters. The Morgan fingerprint density at radius 2 is 2.16 bits per heavy atom. The summed E-state index contributed by atoms with van der Waals surface area (Å²) < 4.78 is 5.46. The minimum Gasteiger partial charge on any atom is -0.376 e. The van der Waals surface area contributed by atoms with Gasteiger partial charge >= 0.3 is 6.03 Å². The fraction of sp³-hybridized carbons (Fsp3) is 0.846. The van der Waals surface area contributed by atoms with Crippen molar-refractivity contribution in [3.63, 3.8) is 0 Å². The Kier molecular flexibility index (Phi) is 4.29. The number of carbonyl (C=O) groups is 2. The molecule has 1 saturated heterocycles. The van der Waals surface area contributed by atoms with E-state index in [4.69, 9.17) is 4.74 Å². The van der Waals surface area contributed by atoms with Crippen molar-refractivity contribution in [3.8, 4) is 0 Å². The van der Waals surface area contributed by atoms with Gasteiger partial charge in [-0.25, -0.2) is 4.79 Å². The highest BCUT2D eigenvalue weighted by atomic mass is 16.5. The molecule has 108 valence electrons. The molecule has 0 atom stereocenters. The van der Waals surface area contributed by atoms with Crippen LogP contribution in [-0.4, -0.2) is 67.2 Å². The largest absolute Gasteiger partial charge is 0.376 e. The number of methoxy groups -OCH3 is 1. The average Bonchev–Trinajstić information content (AvgIpc) is 2.37. The standard InChI is InChI=1S/C13H23N3O3/c1-3-15-7-8-16(9-11(15)17)12(18)14-10-13(19-2)5-4-6-13/h3-10H2,1-2H3,(H,14,18). The molecule has 2 rings (SSSR count). The lowest BCUT2D eigenvalue weighted by molar-refractivity contribution is -0.134. The van der Waals surface area contributed by atoms with Gasteiger partial charge in [-0.1, -0.05) is 0 Å². The maximum absolute atomic E-state index is 12.0. The monoisotopic (exact) mass is 269 g/mol. The van der Waals surface area contributed by atoms with Crippen molar-refractivity contribution in [2.24, 2.45) is 0 Å². The van der Waals surface area contributed by atoms with Gasteiger partial charge in [0.1, 0.15) is 6.54 Å².